The molecule has 0 radical (unpaired) electrons. The fourth-order valence-electron chi connectivity index (χ4n) is 1.76. The summed E-state index contributed by atoms with van der Waals surface area (Å²) in [5, 5.41) is 2.71. The van der Waals surface area contributed by atoms with Gasteiger partial charge < -0.3 is 5.32 Å². The molecule has 2 rings (SSSR count). The molecule has 1 N–H and O–H groups in total. The number of hydrogen-bond donors (Lipinski definition) is 1. The third-order valence-electron chi connectivity index (χ3n) is 2.34. The van der Waals surface area contributed by atoms with E-state index in [1.165, 1.54) is 24.0 Å². The molecule has 0 saturated carbocycles. The van der Waals surface area contributed by atoms with Gasteiger partial charge in [-0.2, -0.15) is 0 Å². The molecule has 0 saturated heterocycles. The molecule has 1 aliphatic rings. The van der Waals surface area contributed by atoms with Gasteiger partial charge in [0.05, 0.1) is 0 Å². The lowest BCUT2D eigenvalue weighted by Gasteiger charge is -2.03. The van der Waals surface area contributed by atoms with E-state index in [2.05, 4.69) is 33.4 Å². The molecule has 1 amide bonds. The first-order valence-corrected chi connectivity index (χ1v) is 5.13. The molecule has 1 aromatic rings. The highest BCUT2D eigenvalue weighted by atomic mass is 79.9. The maximum Gasteiger partial charge on any atom is 0.291 e. The van der Waals surface area contributed by atoms with Gasteiger partial charge in [0.1, 0.15) is 0 Å². The Kier molecular flexibility index (Phi) is 2.36. The first kappa shape index (κ1) is 8.75. The summed E-state index contributed by atoms with van der Waals surface area (Å²) >= 11 is 2.84. The van der Waals surface area contributed by atoms with E-state index >= 15 is 0 Å². The van der Waals surface area contributed by atoms with E-state index in [0.29, 0.717) is 0 Å². The number of hydrogen-bond acceptors (Lipinski definition) is 1. The van der Waals surface area contributed by atoms with Crippen molar-refractivity contribution in [3.05, 3.63) is 29.3 Å². The van der Waals surface area contributed by atoms with E-state index in [1.807, 2.05) is 6.07 Å². The summed E-state index contributed by atoms with van der Waals surface area (Å²) in [6.07, 6.45) is 3.56. The van der Waals surface area contributed by atoms with Crippen LogP contribution in [0.5, 0.6) is 0 Å². The Balaban J connectivity index is 2.25. The van der Waals surface area contributed by atoms with Crippen molar-refractivity contribution in [3.8, 4) is 0 Å². The van der Waals surface area contributed by atoms with Gasteiger partial charge in [0.15, 0.2) is 0 Å². The van der Waals surface area contributed by atoms with Crippen LogP contribution in [0.3, 0.4) is 0 Å². The lowest BCUT2D eigenvalue weighted by molar-refractivity contribution is 0.270. The van der Waals surface area contributed by atoms with Gasteiger partial charge in [-0.1, -0.05) is 6.07 Å². The first-order valence-electron chi connectivity index (χ1n) is 4.34. The van der Waals surface area contributed by atoms with Gasteiger partial charge in [0.25, 0.3) is 4.82 Å². The van der Waals surface area contributed by atoms with Gasteiger partial charge in [-0.15, -0.1) is 0 Å². The monoisotopic (exact) mass is 239 g/mol. The van der Waals surface area contributed by atoms with Gasteiger partial charge in [-0.05, 0) is 42.5 Å². The fourth-order valence-corrected chi connectivity index (χ4v) is 1.99. The van der Waals surface area contributed by atoms with Crippen LogP contribution in [0.15, 0.2) is 18.2 Å². The van der Waals surface area contributed by atoms with Crippen molar-refractivity contribution in [2.75, 3.05) is 5.32 Å². The van der Waals surface area contributed by atoms with E-state index in [0.717, 1.165) is 12.1 Å². The quantitative estimate of drug-likeness (QED) is 0.593. The predicted molar refractivity (Wildman–Crippen MR) is 56.4 cm³/mol. The summed E-state index contributed by atoms with van der Waals surface area (Å²) in [6, 6.07) is 6.10. The molecule has 0 fully saturated rings. The van der Waals surface area contributed by atoms with Crippen LogP contribution in [0.4, 0.5) is 10.5 Å². The number of halogens is 1. The maximum absolute atomic E-state index is 10.7. The van der Waals surface area contributed by atoms with Crippen molar-refractivity contribution in [3.63, 3.8) is 0 Å². The number of carbonyl (C=O) groups excluding carboxylic acids is 1. The van der Waals surface area contributed by atoms with Crippen molar-refractivity contribution >= 4 is 26.4 Å². The topological polar surface area (TPSA) is 29.1 Å². The Bertz CT molecular complexity index is 349. The maximum atomic E-state index is 10.7. The highest BCUT2D eigenvalue weighted by molar-refractivity contribution is 9.18. The number of amides is 1. The molecule has 0 aromatic heterocycles. The lowest BCUT2D eigenvalue weighted by Crippen LogP contribution is -2.00. The van der Waals surface area contributed by atoms with Gasteiger partial charge >= 0.3 is 0 Å². The Labute approximate surface area is 85.5 Å². The number of benzene rings is 1. The Morgan fingerprint density at radius 2 is 2.08 bits per heavy atom. The van der Waals surface area contributed by atoms with E-state index in [4.69, 9.17) is 0 Å². The predicted octanol–water partition coefficient (Wildman–Crippen LogP) is 3.10. The van der Waals surface area contributed by atoms with Crippen LogP contribution in [-0.2, 0) is 12.8 Å². The smallest absolute Gasteiger partial charge is 0.291 e. The zero-order chi connectivity index (χ0) is 9.26. The molecule has 2 nitrogen and oxygen atoms in total. The van der Waals surface area contributed by atoms with Crippen LogP contribution in [-0.4, -0.2) is 4.82 Å². The Hall–Kier alpha value is -0.830. The molecule has 0 spiro atoms. The lowest BCUT2D eigenvalue weighted by atomic mass is 10.1. The van der Waals surface area contributed by atoms with Crippen molar-refractivity contribution < 1.29 is 4.79 Å². The second kappa shape index (κ2) is 3.50. The third-order valence-corrected chi connectivity index (χ3v) is 2.54. The molecule has 0 aliphatic heterocycles. The van der Waals surface area contributed by atoms with Crippen molar-refractivity contribution in [1.29, 1.82) is 0 Å². The van der Waals surface area contributed by atoms with Gasteiger partial charge in [-0.3, -0.25) is 4.79 Å². The number of anilines is 1. The molecule has 3 heteroatoms. The number of nitrogens with one attached hydrogen (secondary N) is 1. The summed E-state index contributed by atoms with van der Waals surface area (Å²) in [5.74, 6) is 0. The molecule has 68 valence electrons. The molecule has 1 aliphatic carbocycles. The number of carbonyl (C=O) groups is 1. The van der Waals surface area contributed by atoms with E-state index in [1.54, 1.807) is 0 Å². The highest BCUT2D eigenvalue weighted by Gasteiger charge is 2.10. The Morgan fingerprint density at radius 1 is 1.31 bits per heavy atom. The van der Waals surface area contributed by atoms with Gasteiger partial charge in [0, 0.05) is 21.6 Å². The normalized spacial score (nSPS) is 13.9. The summed E-state index contributed by atoms with van der Waals surface area (Å²) in [4.78, 5) is 10.5. The number of aryl methyl sites for hydroxylation is 2. The average molecular weight is 240 g/mol. The zero-order valence-corrected chi connectivity index (χ0v) is 8.73. The summed E-state index contributed by atoms with van der Waals surface area (Å²) in [7, 11) is 0. The average Bonchev–Trinajstić information content (AvgIpc) is 2.49. The molecule has 0 atom stereocenters. The number of fused-ring (bicyclic) bond motifs is 1. The van der Waals surface area contributed by atoms with E-state index in [-0.39, 0.29) is 4.82 Å². The van der Waals surface area contributed by atoms with Crippen molar-refractivity contribution in [1.82, 2.24) is 0 Å². The fraction of sp³-hybridized carbons (Fsp3) is 0.300. The van der Waals surface area contributed by atoms with E-state index in [9.17, 15) is 4.79 Å². The summed E-state index contributed by atoms with van der Waals surface area (Å²) in [6.45, 7) is 0. The largest absolute Gasteiger partial charge is 0.317 e. The molecule has 0 heterocycles. The molecule has 0 unspecified atom stereocenters. The minimum absolute atomic E-state index is 0.189. The second-order valence-electron chi connectivity index (χ2n) is 3.24. The Morgan fingerprint density at radius 3 is 2.85 bits per heavy atom. The van der Waals surface area contributed by atoms with Crippen LogP contribution >= 0.6 is 15.9 Å². The molecule has 0 bridgehead atoms. The van der Waals surface area contributed by atoms with Gasteiger partial charge in [0.2, 0.25) is 0 Å². The van der Waals surface area contributed by atoms with E-state index < -0.39 is 0 Å². The highest BCUT2D eigenvalue weighted by Crippen LogP contribution is 2.24. The van der Waals surface area contributed by atoms with Crippen LogP contribution in [0, 0.1) is 0 Å². The molecular weight excluding hydrogens is 230 g/mol. The molecule has 13 heavy (non-hydrogen) atoms. The third kappa shape index (κ3) is 1.91. The zero-order valence-electron chi connectivity index (χ0n) is 7.14. The minimum Gasteiger partial charge on any atom is -0.317 e. The van der Waals surface area contributed by atoms with Crippen molar-refractivity contribution in [2.45, 2.75) is 19.3 Å². The van der Waals surface area contributed by atoms with Crippen molar-refractivity contribution in [2.24, 2.45) is 0 Å². The number of rotatable bonds is 1. The van der Waals surface area contributed by atoms with Crippen LogP contribution in [0.1, 0.15) is 17.5 Å². The van der Waals surface area contributed by atoms with Crippen LogP contribution in [0.25, 0.3) is 0 Å². The van der Waals surface area contributed by atoms with Crippen LogP contribution < -0.4 is 5.32 Å². The van der Waals surface area contributed by atoms with Gasteiger partial charge in [-0.25, -0.2) is 0 Å². The standard InChI is InChI=1S/C10H10BrNO/c11-10(13)12-9-5-4-7-2-1-3-8(7)6-9/h4-6H,1-3H2,(H,12,13). The van der Waals surface area contributed by atoms with Crippen LogP contribution in [0.2, 0.25) is 0 Å². The first-order chi connectivity index (χ1) is 6.25. The molecular formula is C10H10BrNO. The molecule has 1 aromatic carbocycles. The second-order valence-corrected chi connectivity index (χ2v) is 3.96. The minimum atomic E-state index is -0.189. The SMILES string of the molecule is O=C(Br)Nc1ccc2c(c1)CCC2. The summed E-state index contributed by atoms with van der Waals surface area (Å²) < 4.78 is 0. The summed E-state index contributed by atoms with van der Waals surface area (Å²) in [5.41, 5.74) is 3.67.